The Morgan fingerprint density at radius 3 is 2.42 bits per heavy atom. The fourth-order valence-electron chi connectivity index (χ4n) is 1.18. The quantitative estimate of drug-likeness (QED) is 0.893. The van der Waals surface area contributed by atoms with Crippen molar-refractivity contribution in [2.75, 3.05) is 5.32 Å². The lowest BCUT2D eigenvalue weighted by atomic mass is 9.89. The number of aromatic nitrogens is 1. The minimum Gasteiger partial charge on any atom is -0.358 e. The van der Waals surface area contributed by atoms with Crippen LogP contribution >= 0.6 is 0 Å². The molecule has 0 saturated carbocycles. The summed E-state index contributed by atoms with van der Waals surface area (Å²) in [6.07, 6.45) is -4.47. The second kappa shape index (κ2) is 5.10. The molecule has 0 atom stereocenters. The lowest BCUT2D eigenvalue weighted by Gasteiger charge is -2.24. The molecule has 0 bridgehead atoms. The fourth-order valence-corrected chi connectivity index (χ4v) is 1.18. The Bertz CT molecular complexity index is 452. The highest BCUT2D eigenvalue weighted by atomic mass is 19.4. The van der Waals surface area contributed by atoms with Crippen molar-refractivity contribution >= 4 is 11.8 Å². The van der Waals surface area contributed by atoms with Crippen molar-refractivity contribution in [2.24, 2.45) is 0 Å². The van der Waals surface area contributed by atoms with E-state index in [0.29, 0.717) is 0 Å². The molecular weight excluding hydrogens is 263 g/mol. The molecule has 1 aromatic heterocycles. The Labute approximate surface area is 108 Å². The van der Waals surface area contributed by atoms with Crippen LogP contribution in [-0.4, -0.2) is 23.4 Å². The molecule has 0 unspecified atom stereocenters. The number of hydrogen-bond donors (Lipinski definition) is 2. The third-order valence-electron chi connectivity index (χ3n) is 2.50. The van der Waals surface area contributed by atoms with E-state index in [9.17, 15) is 18.0 Å². The van der Waals surface area contributed by atoms with Gasteiger partial charge in [-0.1, -0.05) is 5.16 Å². The number of alkyl halides is 3. The van der Waals surface area contributed by atoms with Gasteiger partial charge in [-0.15, -0.1) is 0 Å². The first-order valence-corrected chi connectivity index (χ1v) is 5.65. The topological polar surface area (TPSA) is 67.2 Å². The number of carbonyl (C=O) groups is 1. The van der Waals surface area contributed by atoms with E-state index in [4.69, 9.17) is 0 Å². The number of anilines is 1. The van der Waals surface area contributed by atoms with Crippen LogP contribution in [0.3, 0.4) is 0 Å². The third-order valence-corrected chi connectivity index (χ3v) is 2.50. The molecule has 0 aliphatic rings. The van der Waals surface area contributed by atoms with E-state index < -0.39 is 17.6 Å². The van der Waals surface area contributed by atoms with Gasteiger partial charge in [0.2, 0.25) is 0 Å². The molecule has 0 aromatic carbocycles. The van der Waals surface area contributed by atoms with Gasteiger partial charge in [0, 0.05) is 12.1 Å². The molecule has 5 nitrogen and oxygen atoms in total. The van der Waals surface area contributed by atoms with Crippen LogP contribution in [0.4, 0.5) is 23.8 Å². The van der Waals surface area contributed by atoms with E-state index in [2.05, 4.69) is 20.3 Å². The third kappa shape index (κ3) is 3.62. The summed E-state index contributed by atoms with van der Waals surface area (Å²) in [7, 11) is 0. The average molecular weight is 279 g/mol. The van der Waals surface area contributed by atoms with E-state index in [1.807, 2.05) is 0 Å². The van der Waals surface area contributed by atoms with Gasteiger partial charge in [0.25, 0.3) is 0 Å². The molecule has 0 aliphatic heterocycles. The normalized spacial score (nSPS) is 12.6. The van der Waals surface area contributed by atoms with E-state index in [1.165, 1.54) is 0 Å². The predicted octanol–water partition coefficient (Wildman–Crippen LogP) is 3.04. The maximum atomic E-state index is 12.8. The molecule has 0 fully saturated rings. The van der Waals surface area contributed by atoms with Gasteiger partial charge in [0.05, 0.1) is 0 Å². The Kier molecular flexibility index (Phi) is 4.12. The van der Waals surface area contributed by atoms with Gasteiger partial charge in [-0.25, -0.2) is 4.79 Å². The number of hydrogen-bond acceptors (Lipinski definition) is 3. The second-order valence-electron chi connectivity index (χ2n) is 4.95. The summed E-state index contributed by atoms with van der Waals surface area (Å²) < 4.78 is 43.0. The molecule has 0 saturated heterocycles. The number of nitrogens with one attached hydrogen (secondary N) is 2. The molecular formula is C11H16F3N3O2. The lowest BCUT2D eigenvalue weighted by Crippen LogP contribution is -2.36. The van der Waals surface area contributed by atoms with Gasteiger partial charge in [0.15, 0.2) is 11.6 Å². The van der Waals surface area contributed by atoms with Crippen LogP contribution in [0.2, 0.25) is 0 Å². The van der Waals surface area contributed by atoms with Crippen molar-refractivity contribution in [3.63, 3.8) is 0 Å². The van der Waals surface area contributed by atoms with Crippen LogP contribution < -0.4 is 10.6 Å². The first-order valence-electron chi connectivity index (χ1n) is 5.65. The zero-order valence-electron chi connectivity index (χ0n) is 11.1. The minimum absolute atomic E-state index is 0.0644. The van der Waals surface area contributed by atoms with Crippen molar-refractivity contribution in [2.45, 2.75) is 45.3 Å². The lowest BCUT2D eigenvalue weighted by molar-refractivity contribution is -0.185. The molecule has 8 heteroatoms. The molecule has 19 heavy (non-hydrogen) atoms. The van der Waals surface area contributed by atoms with Gasteiger partial charge >= 0.3 is 12.2 Å². The molecule has 0 spiro atoms. The van der Waals surface area contributed by atoms with Gasteiger partial charge in [0.1, 0.15) is 5.41 Å². The molecule has 0 radical (unpaired) electrons. The number of urea groups is 1. The first-order chi connectivity index (χ1) is 8.54. The van der Waals surface area contributed by atoms with E-state index >= 15 is 0 Å². The van der Waals surface area contributed by atoms with Crippen LogP contribution in [0.15, 0.2) is 10.6 Å². The smallest absolute Gasteiger partial charge is 0.358 e. The minimum atomic E-state index is -4.47. The number of carbonyl (C=O) groups excluding carboxylic acids is 1. The Balaban J connectivity index is 2.81. The zero-order valence-corrected chi connectivity index (χ0v) is 11.1. The second-order valence-corrected chi connectivity index (χ2v) is 4.95. The molecule has 1 heterocycles. The van der Waals surface area contributed by atoms with Gasteiger partial charge in [-0.05, 0) is 27.7 Å². The SMILES string of the molecule is CC(C)NC(=O)Nc1cc(C(C)(C)C(F)(F)F)on1. The molecule has 2 amide bonds. The number of amides is 2. The largest absolute Gasteiger partial charge is 0.401 e. The van der Waals surface area contributed by atoms with Crippen LogP contribution in [0.25, 0.3) is 0 Å². The highest BCUT2D eigenvalue weighted by molar-refractivity contribution is 5.88. The first kappa shape index (κ1) is 15.3. The molecule has 1 rings (SSSR count). The van der Waals surface area contributed by atoms with Crippen LogP contribution in [0.5, 0.6) is 0 Å². The van der Waals surface area contributed by atoms with Crippen molar-refractivity contribution in [3.8, 4) is 0 Å². The highest BCUT2D eigenvalue weighted by Crippen LogP contribution is 2.40. The Morgan fingerprint density at radius 1 is 1.37 bits per heavy atom. The number of nitrogens with zero attached hydrogens (tertiary/aromatic N) is 1. The van der Waals surface area contributed by atoms with Crippen LogP contribution in [0.1, 0.15) is 33.5 Å². The summed E-state index contributed by atoms with van der Waals surface area (Å²) in [5.41, 5.74) is -2.17. The molecule has 108 valence electrons. The summed E-state index contributed by atoms with van der Waals surface area (Å²) >= 11 is 0. The summed E-state index contributed by atoms with van der Waals surface area (Å²) in [5, 5.41) is 8.21. The van der Waals surface area contributed by atoms with Crippen LogP contribution in [0, 0.1) is 0 Å². The van der Waals surface area contributed by atoms with Crippen molar-refractivity contribution in [1.82, 2.24) is 10.5 Å². The molecule has 2 N–H and O–H groups in total. The Hall–Kier alpha value is -1.73. The van der Waals surface area contributed by atoms with Crippen molar-refractivity contribution < 1.29 is 22.5 Å². The van der Waals surface area contributed by atoms with Gasteiger partial charge < -0.3 is 9.84 Å². The van der Waals surface area contributed by atoms with E-state index in [-0.39, 0.29) is 17.6 Å². The fraction of sp³-hybridized carbons (Fsp3) is 0.636. The summed E-state index contributed by atoms with van der Waals surface area (Å²) in [4.78, 5) is 11.4. The number of halogens is 3. The summed E-state index contributed by atoms with van der Waals surface area (Å²) in [6, 6.07) is 0.408. The summed E-state index contributed by atoms with van der Waals surface area (Å²) in [6.45, 7) is 5.46. The van der Waals surface area contributed by atoms with Crippen LogP contribution in [-0.2, 0) is 5.41 Å². The monoisotopic (exact) mass is 279 g/mol. The van der Waals surface area contributed by atoms with Gasteiger partial charge in [-0.3, -0.25) is 5.32 Å². The van der Waals surface area contributed by atoms with Crippen molar-refractivity contribution in [1.29, 1.82) is 0 Å². The Morgan fingerprint density at radius 2 is 1.95 bits per heavy atom. The maximum absolute atomic E-state index is 12.8. The molecule has 0 aliphatic carbocycles. The maximum Gasteiger partial charge on any atom is 0.401 e. The predicted molar refractivity (Wildman–Crippen MR) is 62.9 cm³/mol. The highest BCUT2D eigenvalue weighted by Gasteiger charge is 2.51. The van der Waals surface area contributed by atoms with E-state index in [1.54, 1.807) is 13.8 Å². The zero-order chi connectivity index (χ0) is 14.8. The summed E-state index contributed by atoms with van der Waals surface area (Å²) in [5.74, 6) is -0.426. The molecule has 1 aromatic rings. The standard InChI is InChI=1S/C11H16F3N3O2/c1-6(2)15-9(18)16-8-5-7(19-17-8)10(3,4)11(12,13)14/h5-6H,1-4H3,(H2,15,16,17,18). The van der Waals surface area contributed by atoms with Crippen molar-refractivity contribution in [3.05, 3.63) is 11.8 Å². The van der Waals surface area contributed by atoms with Gasteiger partial charge in [-0.2, -0.15) is 13.2 Å². The van der Waals surface area contributed by atoms with E-state index in [0.717, 1.165) is 19.9 Å². The number of rotatable bonds is 3. The average Bonchev–Trinajstić information content (AvgIpc) is 2.63.